The van der Waals surface area contributed by atoms with Gasteiger partial charge in [0.15, 0.2) is 0 Å². The third-order valence-electron chi connectivity index (χ3n) is 6.14. The van der Waals surface area contributed by atoms with Gasteiger partial charge >= 0.3 is 0 Å². The van der Waals surface area contributed by atoms with Crippen molar-refractivity contribution in [1.82, 2.24) is 0 Å². The molecular formula is C36H52O12S4. The van der Waals surface area contributed by atoms with Crippen molar-refractivity contribution in [2.75, 3.05) is 0 Å². The van der Waals surface area contributed by atoms with Crippen LogP contribution in [0.5, 0.6) is 0 Å². The van der Waals surface area contributed by atoms with Crippen LogP contribution in [0.1, 0.15) is 77.6 Å². The van der Waals surface area contributed by atoms with E-state index in [1.807, 2.05) is 106 Å². The Kier molecular flexibility index (Phi) is 26.5. The fourth-order valence-corrected chi connectivity index (χ4v) is 6.67. The molecule has 4 aromatic rings. The lowest BCUT2D eigenvalue weighted by molar-refractivity contribution is -0.432. The third kappa shape index (κ3) is 16.9. The lowest BCUT2D eigenvalue weighted by Crippen LogP contribution is -2.04. The van der Waals surface area contributed by atoms with E-state index in [0.29, 0.717) is 11.1 Å². The third-order valence-corrected chi connectivity index (χ3v) is 9.42. The summed E-state index contributed by atoms with van der Waals surface area (Å²) in [5.41, 5.74) is 5.20. The van der Waals surface area contributed by atoms with Gasteiger partial charge in [-0.25, -0.2) is 10.5 Å². The van der Waals surface area contributed by atoms with Crippen LogP contribution in [-0.2, 0) is 39.0 Å². The Labute approximate surface area is 318 Å². The van der Waals surface area contributed by atoms with Crippen molar-refractivity contribution in [1.29, 1.82) is 0 Å². The van der Waals surface area contributed by atoms with Crippen molar-refractivity contribution < 1.29 is 55.2 Å². The summed E-state index contributed by atoms with van der Waals surface area (Å²) in [6.07, 6.45) is 0. The molecule has 12 nitrogen and oxygen atoms in total. The Morgan fingerprint density at radius 2 is 0.904 bits per heavy atom. The van der Waals surface area contributed by atoms with Gasteiger partial charge in [-0.3, -0.25) is 9.11 Å². The van der Waals surface area contributed by atoms with Crippen LogP contribution in [0.25, 0.3) is 22.3 Å². The smallest absolute Gasteiger partial charge is 0.282 e. The molecule has 0 aliphatic heterocycles. The van der Waals surface area contributed by atoms with Crippen LogP contribution in [0.3, 0.4) is 0 Å². The lowest BCUT2D eigenvalue weighted by Gasteiger charge is -2.11. The van der Waals surface area contributed by atoms with Crippen LogP contribution in [0.2, 0.25) is 0 Å². The minimum atomic E-state index is -4.47. The molecule has 0 aliphatic carbocycles. The average Bonchev–Trinajstić information content (AvgIpc) is 3.13. The van der Waals surface area contributed by atoms with Crippen molar-refractivity contribution in [2.45, 2.75) is 103 Å². The topological polar surface area (TPSA) is 186 Å². The molecule has 0 saturated heterocycles. The number of hydrogen-bond acceptors (Lipinski definition) is 12. The van der Waals surface area contributed by atoms with E-state index in [4.69, 9.17) is 10.5 Å². The monoisotopic (exact) mass is 804 g/mol. The molecule has 52 heavy (non-hydrogen) atoms. The molecule has 0 bridgehead atoms. The maximum atomic E-state index is 11.5. The highest BCUT2D eigenvalue weighted by molar-refractivity contribution is 7.95. The van der Waals surface area contributed by atoms with E-state index in [1.54, 1.807) is 13.0 Å². The summed E-state index contributed by atoms with van der Waals surface area (Å²) in [6, 6.07) is 20.1. The first-order chi connectivity index (χ1) is 24.6. The number of benzene rings is 4. The van der Waals surface area contributed by atoms with Gasteiger partial charge in [-0.15, -0.1) is 8.67 Å². The minimum Gasteiger partial charge on any atom is -0.282 e. The van der Waals surface area contributed by atoms with Crippen LogP contribution < -0.4 is 0 Å². The van der Waals surface area contributed by atoms with Crippen molar-refractivity contribution in [2.24, 2.45) is 0 Å². The Balaban J connectivity index is 0. The van der Waals surface area contributed by atoms with E-state index < -0.39 is 20.2 Å². The van der Waals surface area contributed by atoms with Gasteiger partial charge < -0.3 is 0 Å². The zero-order valence-corrected chi connectivity index (χ0v) is 34.9. The zero-order valence-electron chi connectivity index (χ0n) is 31.6. The lowest BCUT2D eigenvalue weighted by atomic mass is 10.0. The van der Waals surface area contributed by atoms with Crippen molar-refractivity contribution in [3.05, 3.63) is 95.1 Å². The van der Waals surface area contributed by atoms with Crippen LogP contribution >= 0.6 is 24.1 Å². The molecule has 0 aliphatic rings. The summed E-state index contributed by atoms with van der Waals surface area (Å²) in [7, 11) is -8.91. The molecule has 0 spiro atoms. The molecule has 4 rings (SSSR count). The summed E-state index contributed by atoms with van der Waals surface area (Å²) >= 11 is 1.82. The van der Waals surface area contributed by atoms with E-state index >= 15 is 0 Å². The second-order valence-corrected chi connectivity index (χ2v) is 13.6. The van der Waals surface area contributed by atoms with Crippen molar-refractivity contribution in [3.8, 4) is 22.3 Å². The molecule has 0 saturated carbocycles. The Bertz CT molecular complexity index is 1850. The fraction of sp³-hybridized carbons (Fsp3) is 0.333. The van der Waals surface area contributed by atoms with Gasteiger partial charge in [0.2, 0.25) is 0 Å². The highest BCUT2D eigenvalue weighted by Gasteiger charge is 2.20. The van der Waals surface area contributed by atoms with Gasteiger partial charge in [-0.05, 0) is 90.9 Å². The van der Waals surface area contributed by atoms with Crippen LogP contribution in [0, 0.1) is 27.7 Å². The Morgan fingerprint density at radius 1 is 0.481 bits per heavy atom. The molecule has 292 valence electrons. The summed E-state index contributed by atoms with van der Waals surface area (Å²) in [5.74, 6) is 0. The molecule has 0 unspecified atom stereocenters. The summed E-state index contributed by atoms with van der Waals surface area (Å²) in [5, 5.41) is 23.9. The van der Waals surface area contributed by atoms with Crippen LogP contribution in [0.4, 0.5) is 0 Å². The largest absolute Gasteiger partial charge is 0.295 e. The van der Waals surface area contributed by atoms with Gasteiger partial charge in [-0.1, -0.05) is 114 Å². The molecule has 0 radical (unpaired) electrons. The maximum absolute atomic E-state index is 11.5. The second kappa shape index (κ2) is 26.9. The highest BCUT2D eigenvalue weighted by Crippen LogP contribution is 2.36. The van der Waals surface area contributed by atoms with Crippen LogP contribution in [0.15, 0.2) is 92.4 Å². The Morgan fingerprint density at radius 3 is 1.38 bits per heavy atom. The summed E-state index contributed by atoms with van der Waals surface area (Å²) in [4.78, 5) is 0.945. The predicted molar refractivity (Wildman–Crippen MR) is 209 cm³/mol. The molecule has 4 aromatic carbocycles. The Hall–Kier alpha value is -2.84. The van der Waals surface area contributed by atoms with Gasteiger partial charge in [0.05, 0.1) is 29.0 Å². The van der Waals surface area contributed by atoms with Gasteiger partial charge in [0.1, 0.15) is 4.90 Å². The first-order valence-electron chi connectivity index (χ1n) is 16.3. The number of aryl methyl sites for hydroxylation is 4. The molecule has 0 heterocycles. The molecule has 16 heteroatoms. The van der Waals surface area contributed by atoms with E-state index in [1.165, 1.54) is 37.3 Å². The SMILES string of the molecule is CC.CC.CC.CC.Cc1ccc(-c2ccc(C)c(S(=O)(=O)O)c2)c(S(=O)(=O)O)c1.Cc1ccc(-c2ccc(C)c(SOOO)c2)c(SOOO)c1. The van der Waals surface area contributed by atoms with Gasteiger partial charge in [0.25, 0.3) is 20.2 Å². The fourth-order valence-electron chi connectivity index (χ4n) is 4.03. The number of hydrogen-bond donors (Lipinski definition) is 4. The molecular weight excluding hydrogens is 753 g/mol. The van der Waals surface area contributed by atoms with E-state index in [9.17, 15) is 25.9 Å². The van der Waals surface area contributed by atoms with E-state index in [2.05, 4.69) is 18.7 Å². The summed E-state index contributed by atoms with van der Waals surface area (Å²) in [6.45, 7) is 23.0. The average molecular weight is 805 g/mol. The first-order valence-corrected chi connectivity index (χ1v) is 20.7. The molecule has 0 fully saturated rings. The van der Waals surface area contributed by atoms with E-state index in [0.717, 1.165) is 56.1 Å². The van der Waals surface area contributed by atoms with E-state index in [-0.39, 0.29) is 20.9 Å². The predicted octanol–water partition coefficient (Wildman–Crippen LogP) is 11.4. The normalized spacial score (nSPS) is 10.3. The van der Waals surface area contributed by atoms with Crippen molar-refractivity contribution in [3.63, 3.8) is 0 Å². The quantitative estimate of drug-likeness (QED) is 0.0513. The highest BCUT2D eigenvalue weighted by atomic mass is 32.2. The maximum Gasteiger partial charge on any atom is 0.295 e. The summed E-state index contributed by atoms with van der Waals surface area (Å²) < 4.78 is 73.4. The molecule has 0 atom stereocenters. The van der Waals surface area contributed by atoms with Gasteiger partial charge in [0, 0.05) is 15.4 Å². The zero-order chi connectivity index (χ0) is 40.7. The van der Waals surface area contributed by atoms with Crippen molar-refractivity contribution >= 4 is 44.3 Å². The first kappa shape index (κ1) is 51.3. The standard InChI is InChI=1S/2C14H14O6S2.4C2H6/c1-9-3-6-12(14(7-9)22(18,19)20)11-5-4-10(2)13(8-11)21(15,16)17;1-9-3-6-12(14(7-9)22-20-18-16)11-5-4-10(2)13(8-11)21-19-17-15;4*1-2/h3-8H,1-2H3,(H,15,16,17)(H,18,19,20);3-8,15-16H,1-2H3;4*1-2H3. The van der Waals surface area contributed by atoms with Crippen LogP contribution in [-0.4, -0.2) is 36.5 Å². The van der Waals surface area contributed by atoms with Gasteiger partial charge in [-0.2, -0.15) is 16.8 Å². The number of rotatable bonds is 10. The molecule has 4 N–H and O–H groups in total. The second-order valence-electron chi connectivity index (χ2n) is 9.36. The minimum absolute atomic E-state index is 0.151. The molecule has 0 amide bonds. The molecule has 0 aromatic heterocycles.